The molecule has 1 aromatic rings. The molecule has 1 saturated heterocycles. The molecule has 2 rings (SSSR count). The summed E-state index contributed by atoms with van der Waals surface area (Å²) in [4.78, 5) is 27.4. The molecule has 0 unspecified atom stereocenters. The Morgan fingerprint density at radius 2 is 2.17 bits per heavy atom. The van der Waals surface area contributed by atoms with Crippen LogP contribution in [0.25, 0.3) is 0 Å². The number of ether oxygens (including phenoxy) is 1. The van der Waals surface area contributed by atoms with Gasteiger partial charge in [-0.3, -0.25) is 4.79 Å². The van der Waals surface area contributed by atoms with Crippen molar-refractivity contribution in [1.29, 1.82) is 5.26 Å². The Hall–Kier alpha value is -2.75. The number of anilines is 1. The number of amides is 3. The zero-order chi connectivity index (χ0) is 17.5. The normalized spacial score (nSPS) is 16.6. The number of benzene rings is 1. The maximum absolute atomic E-state index is 12.2. The summed E-state index contributed by atoms with van der Waals surface area (Å²) in [5, 5.41) is 11.4. The first-order valence-electron chi connectivity index (χ1n) is 7.97. The average molecular weight is 330 g/mol. The molecule has 7 nitrogen and oxygen atoms in total. The van der Waals surface area contributed by atoms with Crippen molar-refractivity contribution in [1.82, 2.24) is 10.2 Å². The van der Waals surface area contributed by atoms with Gasteiger partial charge in [-0.15, -0.1) is 0 Å². The Morgan fingerprint density at radius 1 is 1.46 bits per heavy atom. The largest absolute Gasteiger partial charge is 0.494 e. The van der Waals surface area contributed by atoms with Crippen LogP contribution in [0.3, 0.4) is 0 Å². The van der Waals surface area contributed by atoms with Crippen molar-refractivity contribution in [2.24, 2.45) is 0 Å². The molecule has 0 aromatic heterocycles. The van der Waals surface area contributed by atoms with Gasteiger partial charge >= 0.3 is 6.03 Å². The summed E-state index contributed by atoms with van der Waals surface area (Å²) in [6.07, 6.45) is 0.552. The van der Waals surface area contributed by atoms with Crippen LogP contribution in [0.4, 0.5) is 10.5 Å². The van der Waals surface area contributed by atoms with Crippen LogP contribution < -0.4 is 15.0 Å². The fraction of sp³-hybridized carbons (Fsp3) is 0.471. The van der Waals surface area contributed by atoms with Crippen molar-refractivity contribution in [3.05, 3.63) is 24.3 Å². The summed E-state index contributed by atoms with van der Waals surface area (Å²) in [5.74, 6) is 0.737. The maximum Gasteiger partial charge on any atom is 0.317 e. The zero-order valence-electron chi connectivity index (χ0n) is 14.0. The molecular formula is C17H22N4O3. The van der Waals surface area contributed by atoms with Gasteiger partial charge in [-0.05, 0) is 31.2 Å². The van der Waals surface area contributed by atoms with Gasteiger partial charge in [-0.25, -0.2) is 4.79 Å². The molecule has 1 aliphatic rings. The third-order valence-electron chi connectivity index (χ3n) is 3.82. The van der Waals surface area contributed by atoms with Gasteiger partial charge in [0.1, 0.15) is 5.75 Å². The average Bonchev–Trinajstić information content (AvgIpc) is 2.94. The van der Waals surface area contributed by atoms with Crippen LogP contribution >= 0.6 is 0 Å². The first kappa shape index (κ1) is 17.6. The molecule has 0 spiro atoms. The third kappa shape index (κ3) is 4.38. The van der Waals surface area contributed by atoms with Crippen LogP contribution in [0.1, 0.15) is 19.8 Å². The summed E-state index contributed by atoms with van der Waals surface area (Å²) >= 11 is 0. The van der Waals surface area contributed by atoms with Crippen LogP contribution in [0.2, 0.25) is 0 Å². The van der Waals surface area contributed by atoms with E-state index in [1.807, 2.05) is 37.3 Å². The molecule has 24 heavy (non-hydrogen) atoms. The van der Waals surface area contributed by atoms with Gasteiger partial charge in [0.2, 0.25) is 5.91 Å². The second-order valence-corrected chi connectivity index (χ2v) is 5.61. The van der Waals surface area contributed by atoms with Gasteiger partial charge < -0.3 is 19.9 Å². The first-order chi connectivity index (χ1) is 11.5. The minimum absolute atomic E-state index is 0.0239. The molecule has 1 aromatic carbocycles. The van der Waals surface area contributed by atoms with Crippen LogP contribution in [0.5, 0.6) is 5.75 Å². The van der Waals surface area contributed by atoms with Crippen molar-refractivity contribution in [2.45, 2.75) is 25.8 Å². The number of carbonyl (C=O) groups is 2. The summed E-state index contributed by atoms with van der Waals surface area (Å²) in [7, 11) is 1.63. The molecule has 1 fully saturated rings. The highest BCUT2D eigenvalue weighted by Crippen LogP contribution is 2.24. The van der Waals surface area contributed by atoms with E-state index in [1.165, 1.54) is 4.90 Å². The SMILES string of the molecule is CCOc1ccc(N2C[C@H](NC(=O)N(C)CCC#N)CC2=O)cc1. The van der Waals surface area contributed by atoms with E-state index in [2.05, 4.69) is 5.32 Å². The molecule has 1 aliphatic heterocycles. The van der Waals surface area contributed by atoms with E-state index in [0.717, 1.165) is 11.4 Å². The highest BCUT2D eigenvalue weighted by molar-refractivity contribution is 5.96. The number of nitrogens with zero attached hydrogens (tertiary/aromatic N) is 3. The van der Waals surface area contributed by atoms with Crippen molar-refractivity contribution >= 4 is 17.6 Å². The topological polar surface area (TPSA) is 85.7 Å². The molecule has 0 saturated carbocycles. The minimum Gasteiger partial charge on any atom is -0.494 e. The highest BCUT2D eigenvalue weighted by Gasteiger charge is 2.32. The van der Waals surface area contributed by atoms with Gasteiger partial charge in [0.05, 0.1) is 25.1 Å². The summed E-state index contributed by atoms with van der Waals surface area (Å²) in [6, 6.07) is 8.83. The van der Waals surface area contributed by atoms with E-state index < -0.39 is 0 Å². The van der Waals surface area contributed by atoms with E-state index >= 15 is 0 Å². The summed E-state index contributed by atoms with van der Waals surface area (Å²) in [6.45, 7) is 3.31. The van der Waals surface area contributed by atoms with E-state index in [4.69, 9.17) is 10.00 Å². The minimum atomic E-state index is -0.267. The van der Waals surface area contributed by atoms with Crippen LogP contribution in [0.15, 0.2) is 24.3 Å². The molecule has 128 valence electrons. The van der Waals surface area contributed by atoms with Crippen LogP contribution in [0, 0.1) is 11.3 Å². The number of rotatable bonds is 6. The molecule has 0 bridgehead atoms. The molecule has 3 amide bonds. The number of hydrogen-bond donors (Lipinski definition) is 1. The lowest BCUT2D eigenvalue weighted by atomic mass is 10.2. The van der Waals surface area contributed by atoms with Crippen molar-refractivity contribution < 1.29 is 14.3 Å². The monoisotopic (exact) mass is 330 g/mol. The van der Waals surface area contributed by atoms with E-state index in [-0.39, 0.29) is 30.8 Å². The number of carbonyl (C=O) groups excluding carboxylic acids is 2. The Balaban J connectivity index is 1.93. The molecule has 1 heterocycles. The van der Waals surface area contributed by atoms with E-state index in [9.17, 15) is 9.59 Å². The summed E-state index contributed by atoms with van der Waals surface area (Å²) in [5.41, 5.74) is 0.790. The Labute approximate surface area is 141 Å². The van der Waals surface area contributed by atoms with E-state index in [0.29, 0.717) is 19.7 Å². The lowest BCUT2D eigenvalue weighted by Gasteiger charge is -2.20. The smallest absolute Gasteiger partial charge is 0.317 e. The molecule has 0 radical (unpaired) electrons. The maximum atomic E-state index is 12.2. The van der Waals surface area contributed by atoms with Gasteiger partial charge in [-0.1, -0.05) is 0 Å². The Kier molecular flexibility index (Phi) is 6.01. The molecule has 7 heteroatoms. The van der Waals surface area contributed by atoms with Gasteiger partial charge in [0, 0.05) is 32.2 Å². The zero-order valence-corrected chi connectivity index (χ0v) is 14.0. The third-order valence-corrected chi connectivity index (χ3v) is 3.82. The molecule has 0 aliphatic carbocycles. The van der Waals surface area contributed by atoms with E-state index in [1.54, 1.807) is 11.9 Å². The van der Waals surface area contributed by atoms with Crippen LogP contribution in [-0.2, 0) is 4.79 Å². The lowest BCUT2D eigenvalue weighted by Crippen LogP contribution is -2.44. The van der Waals surface area contributed by atoms with Crippen molar-refractivity contribution in [3.63, 3.8) is 0 Å². The predicted octanol–water partition coefficient (Wildman–Crippen LogP) is 1.75. The number of hydrogen-bond acceptors (Lipinski definition) is 4. The second-order valence-electron chi connectivity index (χ2n) is 5.61. The number of urea groups is 1. The first-order valence-corrected chi connectivity index (χ1v) is 7.97. The van der Waals surface area contributed by atoms with Gasteiger partial charge in [0.25, 0.3) is 0 Å². The Bertz CT molecular complexity index is 624. The summed E-state index contributed by atoms with van der Waals surface area (Å²) < 4.78 is 5.39. The van der Waals surface area contributed by atoms with Crippen molar-refractivity contribution in [3.8, 4) is 11.8 Å². The van der Waals surface area contributed by atoms with Crippen molar-refractivity contribution in [2.75, 3.05) is 31.6 Å². The lowest BCUT2D eigenvalue weighted by molar-refractivity contribution is -0.117. The van der Waals surface area contributed by atoms with Crippen LogP contribution in [-0.4, -0.2) is 49.6 Å². The number of nitrogens with one attached hydrogen (secondary N) is 1. The quantitative estimate of drug-likeness (QED) is 0.861. The Morgan fingerprint density at radius 3 is 2.79 bits per heavy atom. The fourth-order valence-electron chi connectivity index (χ4n) is 2.55. The van der Waals surface area contributed by atoms with Gasteiger partial charge in [0.15, 0.2) is 0 Å². The highest BCUT2D eigenvalue weighted by atomic mass is 16.5. The number of nitriles is 1. The molecule has 1 N–H and O–H groups in total. The predicted molar refractivity (Wildman–Crippen MR) is 89.8 cm³/mol. The molecular weight excluding hydrogens is 308 g/mol. The molecule has 1 atom stereocenters. The van der Waals surface area contributed by atoms with Gasteiger partial charge in [-0.2, -0.15) is 5.26 Å². The fourth-order valence-corrected chi connectivity index (χ4v) is 2.55. The standard InChI is InChI=1S/C17H22N4O3/c1-3-24-15-7-5-14(6-8-15)21-12-13(11-16(21)22)19-17(23)20(2)10-4-9-18/h5-8,13H,3-4,10-12H2,1-2H3,(H,19,23)/t13-/m1/s1. The second kappa shape index (κ2) is 8.20.